The van der Waals surface area contributed by atoms with Crippen molar-refractivity contribution in [1.29, 1.82) is 0 Å². The SMILES string of the molecule is CN(CCC(=O)O)C(=O)NCCn1c(=O)[nH]c2ccccc21. The van der Waals surface area contributed by atoms with E-state index in [1.54, 1.807) is 4.57 Å². The molecule has 3 N–H and O–H groups in total. The number of fused-ring (bicyclic) bond motifs is 1. The van der Waals surface area contributed by atoms with Gasteiger partial charge in [0, 0.05) is 26.7 Å². The number of aromatic amines is 1. The number of hydrogen-bond acceptors (Lipinski definition) is 3. The number of carboxylic acids is 1. The zero-order valence-electron chi connectivity index (χ0n) is 12.2. The van der Waals surface area contributed by atoms with Crippen LogP contribution in [0, 0.1) is 0 Å². The fourth-order valence-electron chi connectivity index (χ4n) is 2.10. The van der Waals surface area contributed by atoms with E-state index in [2.05, 4.69) is 10.3 Å². The van der Waals surface area contributed by atoms with E-state index < -0.39 is 5.97 Å². The van der Waals surface area contributed by atoms with Crippen molar-refractivity contribution >= 4 is 23.0 Å². The number of nitrogens with zero attached hydrogens (tertiary/aromatic N) is 2. The number of nitrogens with one attached hydrogen (secondary N) is 2. The van der Waals surface area contributed by atoms with Gasteiger partial charge in [0.2, 0.25) is 0 Å². The molecule has 0 aliphatic rings. The van der Waals surface area contributed by atoms with Crippen molar-refractivity contribution in [2.45, 2.75) is 13.0 Å². The number of amides is 2. The molecule has 2 aromatic rings. The van der Waals surface area contributed by atoms with Gasteiger partial charge in [-0.05, 0) is 12.1 Å². The zero-order chi connectivity index (χ0) is 16.1. The van der Waals surface area contributed by atoms with Crippen LogP contribution < -0.4 is 11.0 Å². The maximum absolute atomic E-state index is 11.8. The molecule has 0 unspecified atom stereocenters. The van der Waals surface area contributed by atoms with Gasteiger partial charge in [0.05, 0.1) is 17.5 Å². The second-order valence-corrected chi connectivity index (χ2v) is 4.90. The van der Waals surface area contributed by atoms with Gasteiger partial charge in [-0.3, -0.25) is 9.36 Å². The van der Waals surface area contributed by atoms with E-state index in [1.807, 2.05) is 24.3 Å². The number of aliphatic carboxylic acids is 1. The van der Waals surface area contributed by atoms with Crippen molar-refractivity contribution in [3.05, 3.63) is 34.7 Å². The van der Waals surface area contributed by atoms with Gasteiger partial charge in [0.15, 0.2) is 0 Å². The topological polar surface area (TPSA) is 107 Å². The fraction of sp³-hybridized carbons (Fsp3) is 0.357. The molecule has 0 saturated carbocycles. The summed E-state index contributed by atoms with van der Waals surface area (Å²) in [7, 11) is 1.52. The Kier molecular flexibility index (Phi) is 4.82. The largest absolute Gasteiger partial charge is 0.481 e. The van der Waals surface area contributed by atoms with Crippen molar-refractivity contribution in [2.75, 3.05) is 20.1 Å². The summed E-state index contributed by atoms with van der Waals surface area (Å²) in [6.45, 7) is 0.744. The van der Waals surface area contributed by atoms with Crippen LogP contribution in [0.15, 0.2) is 29.1 Å². The first-order valence-electron chi connectivity index (χ1n) is 6.87. The molecule has 0 aliphatic carbocycles. The van der Waals surface area contributed by atoms with E-state index in [9.17, 15) is 14.4 Å². The molecule has 0 aliphatic heterocycles. The van der Waals surface area contributed by atoms with Crippen molar-refractivity contribution in [1.82, 2.24) is 19.8 Å². The molecule has 0 fully saturated rings. The third kappa shape index (κ3) is 3.66. The lowest BCUT2D eigenvalue weighted by Crippen LogP contribution is -2.40. The molecule has 0 bridgehead atoms. The van der Waals surface area contributed by atoms with Gasteiger partial charge in [-0.1, -0.05) is 12.1 Å². The van der Waals surface area contributed by atoms with E-state index in [0.29, 0.717) is 6.54 Å². The molecule has 2 amide bonds. The van der Waals surface area contributed by atoms with Crippen LogP contribution in [-0.2, 0) is 11.3 Å². The quantitative estimate of drug-likeness (QED) is 0.720. The van der Waals surface area contributed by atoms with Gasteiger partial charge in [-0.2, -0.15) is 0 Å². The summed E-state index contributed by atoms with van der Waals surface area (Å²) in [5.41, 5.74) is 1.30. The summed E-state index contributed by atoms with van der Waals surface area (Å²) < 4.78 is 1.55. The monoisotopic (exact) mass is 306 g/mol. The number of carboxylic acid groups (broad SMARTS) is 1. The molecule has 0 saturated heterocycles. The number of para-hydroxylation sites is 2. The molecule has 0 atom stereocenters. The summed E-state index contributed by atoms with van der Waals surface area (Å²) in [4.78, 5) is 38.1. The van der Waals surface area contributed by atoms with Gasteiger partial charge in [0.25, 0.3) is 0 Å². The predicted octanol–water partition coefficient (Wildman–Crippen LogP) is 0.446. The van der Waals surface area contributed by atoms with Crippen molar-refractivity contribution in [3.8, 4) is 0 Å². The van der Waals surface area contributed by atoms with Crippen LogP contribution in [-0.4, -0.2) is 51.7 Å². The molecule has 118 valence electrons. The number of imidazole rings is 1. The van der Waals surface area contributed by atoms with Gasteiger partial charge in [-0.15, -0.1) is 0 Å². The van der Waals surface area contributed by atoms with Gasteiger partial charge in [-0.25, -0.2) is 9.59 Å². The number of carbonyl (C=O) groups is 2. The Bertz CT molecular complexity index is 734. The van der Waals surface area contributed by atoms with Crippen LogP contribution in [0.2, 0.25) is 0 Å². The third-order valence-corrected chi connectivity index (χ3v) is 3.30. The number of aromatic nitrogens is 2. The Morgan fingerprint density at radius 2 is 2.09 bits per heavy atom. The lowest BCUT2D eigenvalue weighted by Gasteiger charge is -2.16. The second kappa shape index (κ2) is 6.79. The van der Waals surface area contributed by atoms with Crippen LogP contribution >= 0.6 is 0 Å². The highest BCUT2D eigenvalue weighted by atomic mass is 16.4. The molecule has 1 heterocycles. The molecule has 1 aromatic carbocycles. The Balaban J connectivity index is 1.90. The minimum atomic E-state index is -0.954. The average Bonchev–Trinajstić information content (AvgIpc) is 2.80. The van der Waals surface area contributed by atoms with Crippen LogP contribution in [0.1, 0.15) is 6.42 Å². The van der Waals surface area contributed by atoms with Gasteiger partial charge >= 0.3 is 17.7 Å². The minimum Gasteiger partial charge on any atom is -0.481 e. The van der Waals surface area contributed by atoms with Crippen molar-refractivity contribution < 1.29 is 14.7 Å². The zero-order valence-corrected chi connectivity index (χ0v) is 12.2. The average molecular weight is 306 g/mol. The van der Waals surface area contributed by atoms with E-state index in [1.165, 1.54) is 11.9 Å². The molecule has 0 spiro atoms. The highest BCUT2D eigenvalue weighted by Crippen LogP contribution is 2.08. The van der Waals surface area contributed by atoms with E-state index >= 15 is 0 Å². The Morgan fingerprint density at radius 1 is 1.36 bits per heavy atom. The summed E-state index contributed by atoms with van der Waals surface area (Å²) >= 11 is 0. The Morgan fingerprint density at radius 3 is 2.82 bits per heavy atom. The standard InChI is InChI=1S/C14H18N4O4/c1-17(8-6-12(19)20)13(21)15-7-9-18-11-5-3-2-4-10(11)16-14(18)22/h2-5H,6-9H2,1H3,(H,15,21)(H,16,22)(H,19,20). The number of H-pyrrole nitrogens is 1. The molecule has 8 nitrogen and oxygen atoms in total. The van der Waals surface area contributed by atoms with Crippen LogP contribution in [0.25, 0.3) is 11.0 Å². The fourth-order valence-corrected chi connectivity index (χ4v) is 2.10. The molecule has 8 heteroatoms. The molecule has 22 heavy (non-hydrogen) atoms. The van der Waals surface area contributed by atoms with E-state index in [4.69, 9.17) is 5.11 Å². The maximum atomic E-state index is 11.8. The molecule has 2 rings (SSSR count). The number of benzene rings is 1. The number of rotatable bonds is 6. The van der Waals surface area contributed by atoms with Crippen molar-refractivity contribution in [3.63, 3.8) is 0 Å². The number of carbonyl (C=O) groups excluding carboxylic acids is 1. The first kappa shape index (κ1) is 15.6. The first-order chi connectivity index (χ1) is 10.5. The van der Waals surface area contributed by atoms with Crippen molar-refractivity contribution in [2.24, 2.45) is 0 Å². The number of urea groups is 1. The number of hydrogen-bond donors (Lipinski definition) is 3. The summed E-state index contributed by atoms with van der Waals surface area (Å²) in [5.74, 6) is -0.954. The Hall–Kier alpha value is -2.77. The minimum absolute atomic E-state index is 0.105. The Labute approximate surface area is 126 Å². The highest BCUT2D eigenvalue weighted by Gasteiger charge is 2.10. The first-order valence-corrected chi connectivity index (χ1v) is 6.87. The normalized spacial score (nSPS) is 10.6. The molecular formula is C14H18N4O4. The van der Waals surface area contributed by atoms with Gasteiger partial charge in [0.1, 0.15) is 0 Å². The smallest absolute Gasteiger partial charge is 0.326 e. The lowest BCUT2D eigenvalue weighted by atomic mass is 10.3. The summed E-state index contributed by atoms with van der Waals surface area (Å²) in [5, 5.41) is 11.2. The maximum Gasteiger partial charge on any atom is 0.326 e. The molecular weight excluding hydrogens is 288 g/mol. The lowest BCUT2D eigenvalue weighted by molar-refractivity contribution is -0.137. The second-order valence-electron chi connectivity index (χ2n) is 4.90. The van der Waals surface area contributed by atoms with Crippen LogP contribution in [0.3, 0.4) is 0 Å². The third-order valence-electron chi connectivity index (χ3n) is 3.30. The van der Waals surface area contributed by atoms with Crippen LogP contribution in [0.4, 0.5) is 4.79 Å². The molecule has 0 radical (unpaired) electrons. The van der Waals surface area contributed by atoms with Gasteiger partial charge < -0.3 is 20.3 Å². The summed E-state index contributed by atoms with van der Waals surface area (Å²) in [6, 6.07) is 6.94. The highest BCUT2D eigenvalue weighted by molar-refractivity contribution is 5.76. The summed E-state index contributed by atoms with van der Waals surface area (Å²) in [6.07, 6.45) is -0.105. The van der Waals surface area contributed by atoms with E-state index in [0.717, 1.165) is 11.0 Å². The predicted molar refractivity (Wildman–Crippen MR) is 80.8 cm³/mol. The van der Waals surface area contributed by atoms with Crippen LogP contribution in [0.5, 0.6) is 0 Å². The molecule has 1 aromatic heterocycles. The van der Waals surface area contributed by atoms with E-state index in [-0.39, 0.29) is 31.2 Å².